The quantitative estimate of drug-likeness (QED) is 0.460. The number of rotatable bonds is 11. The summed E-state index contributed by atoms with van der Waals surface area (Å²) in [5.74, 6) is -0.00441. The van der Waals surface area contributed by atoms with Crippen LogP contribution in [0.4, 0.5) is 10.3 Å². The number of carbonyl (C=O) groups is 1. The number of aryl methyl sites for hydroxylation is 3. The van der Waals surface area contributed by atoms with Gasteiger partial charge in [-0.2, -0.15) is 0 Å². The molecule has 0 aliphatic heterocycles. The van der Waals surface area contributed by atoms with E-state index in [1.807, 2.05) is 25.2 Å². The molecule has 0 saturated heterocycles. The largest absolute Gasteiger partial charge is 0.363 e. The summed E-state index contributed by atoms with van der Waals surface area (Å²) in [5.41, 5.74) is 1.25. The number of unbranched alkanes of at least 4 members (excludes halogenated alkanes) is 1. The van der Waals surface area contributed by atoms with Crippen molar-refractivity contribution in [2.24, 2.45) is 0 Å². The lowest BCUT2D eigenvalue weighted by molar-refractivity contribution is -0.116. The van der Waals surface area contributed by atoms with E-state index >= 15 is 0 Å². The van der Waals surface area contributed by atoms with Crippen LogP contribution >= 0.6 is 22.7 Å². The van der Waals surface area contributed by atoms with Crippen LogP contribution in [0.3, 0.4) is 0 Å². The molecule has 0 aliphatic rings. The van der Waals surface area contributed by atoms with E-state index in [0.29, 0.717) is 11.6 Å². The number of carbonyl (C=O) groups excluding carboxylic acids is 1. The number of aromatic nitrogens is 4. The first-order valence-electron chi connectivity index (χ1n) is 9.39. The Kier molecular flexibility index (Phi) is 7.86. The standard InChI is InChI=1S/C19H24N6OS2/c1-20-18-24-22-16(27-18)12-5-6-13-17-23-25-19(28-17)21-15(26)11-7-10-14-8-3-2-4-9-14/h2-4,8-9H,5-7,10-13H2,1H3,(H,20,24)(H,21,25,26). The Labute approximate surface area is 172 Å². The summed E-state index contributed by atoms with van der Waals surface area (Å²) in [7, 11) is 1.85. The Morgan fingerprint density at radius 2 is 1.50 bits per heavy atom. The van der Waals surface area contributed by atoms with Gasteiger partial charge in [-0.05, 0) is 31.2 Å². The maximum absolute atomic E-state index is 12.1. The molecule has 1 aromatic carbocycles. The Morgan fingerprint density at radius 1 is 0.857 bits per heavy atom. The average Bonchev–Trinajstić information content (AvgIpc) is 3.35. The maximum atomic E-state index is 12.1. The highest BCUT2D eigenvalue weighted by Gasteiger charge is 2.09. The first-order chi connectivity index (χ1) is 13.7. The lowest BCUT2D eigenvalue weighted by Gasteiger charge is -2.02. The average molecular weight is 417 g/mol. The van der Waals surface area contributed by atoms with Gasteiger partial charge in [-0.25, -0.2) is 0 Å². The molecule has 0 fully saturated rings. The zero-order valence-electron chi connectivity index (χ0n) is 15.9. The van der Waals surface area contributed by atoms with Gasteiger partial charge in [-0.1, -0.05) is 53.0 Å². The summed E-state index contributed by atoms with van der Waals surface area (Å²) in [6, 6.07) is 10.2. The maximum Gasteiger partial charge on any atom is 0.226 e. The third kappa shape index (κ3) is 6.65. The van der Waals surface area contributed by atoms with Crippen LogP contribution in [0.5, 0.6) is 0 Å². The molecular weight excluding hydrogens is 392 g/mol. The highest BCUT2D eigenvalue weighted by Crippen LogP contribution is 2.20. The fraction of sp³-hybridized carbons (Fsp3) is 0.421. The highest BCUT2D eigenvalue weighted by molar-refractivity contribution is 7.15. The normalized spacial score (nSPS) is 10.8. The first-order valence-corrected chi connectivity index (χ1v) is 11.0. The second-order valence-corrected chi connectivity index (χ2v) is 8.47. The molecule has 3 aromatic rings. The fourth-order valence-electron chi connectivity index (χ4n) is 2.69. The van der Waals surface area contributed by atoms with E-state index < -0.39 is 0 Å². The summed E-state index contributed by atoms with van der Waals surface area (Å²) >= 11 is 3.04. The summed E-state index contributed by atoms with van der Waals surface area (Å²) in [4.78, 5) is 12.1. The molecule has 9 heteroatoms. The minimum Gasteiger partial charge on any atom is -0.363 e. The monoisotopic (exact) mass is 416 g/mol. The molecule has 28 heavy (non-hydrogen) atoms. The Morgan fingerprint density at radius 3 is 2.14 bits per heavy atom. The minimum atomic E-state index is -0.00441. The van der Waals surface area contributed by atoms with Gasteiger partial charge in [0.15, 0.2) is 0 Å². The number of nitrogens with one attached hydrogen (secondary N) is 2. The van der Waals surface area contributed by atoms with Crippen LogP contribution < -0.4 is 10.6 Å². The Balaban J connectivity index is 1.32. The summed E-state index contributed by atoms with van der Waals surface area (Å²) < 4.78 is 0. The van der Waals surface area contributed by atoms with Gasteiger partial charge in [-0.15, -0.1) is 20.4 Å². The number of hydrogen-bond donors (Lipinski definition) is 2. The number of amides is 1. The van der Waals surface area contributed by atoms with Crippen molar-refractivity contribution < 1.29 is 4.79 Å². The minimum absolute atomic E-state index is 0.00441. The van der Waals surface area contributed by atoms with Crippen LogP contribution in [0.1, 0.15) is 41.3 Å². The predicted octanol–water partition coefficient (Wildman–Crippen LogP) is 3.96. The van der Waals surface area contributed by atoms with Crippen LogP contribution in [-0.2, 0) is 24.1 Å². The molecule has 3 rings (SSSR count). The molecule has 2 N–H and O–H groups in total. The van der Waals surface area contributed by atoms with Crippen LogP contribution in [0.2, 0.25) is 0 Å². The molecule has 0 radical (unpaired) electrons. The zero-order valence-corrected chi connectivity index (χ0v) is 17.5. The van der Waals surface area contributed by atoms with Crippen molar-refractivity contribution in [3.63, 3.8) is 0 Å². The van der Waals surface area contributed by atoms with Crippen molar-refractivity contribution in [2.45, 2.75) is 44.9 Å². The molecule has 0 atom stereocenters. The molecule has 0 saturated carbocycles. The molecule has 0 aliphatic carbocycles. The summed E-state index contributed by atoms with van der Waals surface area (Å²) in [6.07, 6.45) is 6.03. The molecule has 0 bridgehead atoms. The molecule has 148 valence electrons. The van der Waals surface area contributed by atoms with Crippen molar-refractivity contribution in [1.29, 1.82) is 0 Å². The Bertz CT molecular complexity index is 864. The zero-order chi connectivity index (χ0) is 19.6. The molecule has 7 nitrogen and oxygen atoms in total. The molecule has 0 unspecified atom stereocenters. The number of nitrogens with zero attached hydrogens (tertiary/aromatic N) is 4. The van der Waals surface area contributed by atoms with E-state index in [2.05, 4.69) is 43.2 Å². The predicted molar refractivity (Wildman–Crippen MR) is 114 cm³/mol. The SMILES string of the molecule is CNc1nnc(CCCCc2nnc(NC(=O)CCCc3ccccc3)s2)s1. The third-order valence-electron chi connectivity index (χ3n) is 4.14. The van der Waals surface area contributed by atoms with Crippen molar-refractivity contribution >= 4 is 38.8 Å². The van der Waals surface area contributed by atoms with Crippen molar-refractivity contribution in [2.75, 3.05) is 17.7 Å². The van der Waals surface area contributed by atoms with Gasteiger partial charge in [0.1, 0.15) is 10.0 Å². The molecular formula is C19H24N6OS2. The second kappa shape index (κ2) is 10.8. The van der Waals surface area contributed by atoms with Gasteiger partial charge in [0, 0.05) is 26.3 Å². The van der Waals surface area contributed by atoms with E-state index in [4.69, 9.17) is 0 Å². The third-order valence-corrected chi connectivity index (χ3v) is 6.04. The van der Waals surface area contributed by atoms with Crippen molar-refractivity contribution in [3.05, 3.63) is 45.9 Å². The van der Waals surface area contributed by atoms with E-state index in [1.165, 1.54) is 16.9 Å². The van der Waals surface area contributed by atoms with Crippen LogP contribution in [0.25, 0.3) is 0 Å². The summed E-state index contributed by atoms with van der Waals surface area (Å²) in [6.45, 7) is 0. The van der Waals surface area contributed by atoms with Crippen LogP contribution in [0, 0.1) is 0 Å². The van der Waals surface area contributed by atoms with E-state index in [-0.39, 0.29) is 5.91 Å². The van der Waals surface area contributed by atoms with Gasteiger partial charge in [0.2, 0.25) is 16.2 Å². The second-order valence-electron chi connectivity index (χ2n) is 6.35. The lowest BCUT2D eigenvalue weighted by Crippen LogP contribution is -2.11. The van der Waals surface area contributed by atoms with Gasteiger partial charge >= 0.3 is 0 Å². The topological polar surface area (TPSA) is 92.7 Å². The van der Waals surface area contributed by atoms with E-state index in [1.54, 1.807) is 11.3 Å². The highest BCUT2D eigenvalue weighted by atomic mass is 32.1. The Hall–Kier alpha value is -2.39. The number of anilines is 2. The fourth-order valence-corrected chi connectivity index (χ4v) is 4.23. The molecule has 0 spiro atoms. The lowest BCUT2D eigenvalue weighted by atomic mass is 10.1. The number of benzene rings is 1. The van der Waals surface area contributed by atoms with Gasteiger partial charge < -0.3 is 10.6 Å². The van der Waals surface area contributed by atoms with Gasteiger partial charge in [0.05, 0.1) is 0 Å². The summed E-state index contributed by atoms with van der Waals surface area (Å²) in [5, 5.41) is 25.7. The molecule has 2 aromatic heterocycles. The molecule has 1 amide bonds. The van der Waals surface area contributed by atoms with Crippen molar-refractivity contribution in [1.82, 2.24) is 20.4 Å². The molecule has 2 heterocycles. The number of hydrogen-bond acceptors (Lipinski definition) is 8. The van der Waals surface area contributed by atoms with Gasteiger partial charge in [-0.3, -0.25) is 4.79 Å². The van der Waals surface area contributed by atoms with Gasteiger partial charge in [0.25, 0.3) is 0 Å². The smallest absolute Gasteiger partial charge is 0.226 e. The van der Waals surface area contributed by atoms with Crippen LogP contribution in [0.15, 0.2) is 30.3 Å². The van der Waals surface area contributed by atoms with Crippen molar-refractivity contribution in [3.8, 4) is 0 Å². The first kappa shape index (κ1) is 20.3. The van der Waals surface area contributed by atoms with E-state index in [0.717, 1.165) is 53.7 Å². The van der Waals surface area contributed by atoms with Crippen LogP contribution in [-0.4, -0.2) is 33.3 Å². The van der Waals surface area contributed by atoms with E-state index in [9.17, 15) is 4.79 Å².